The molecule has 0 bridgehead atoms. The van der Waals surface area contributed by atoms with Crippen molar-refractivity contribution in [2.45, 2.75) is 84.2 Å². The van der Waals surface area contributed by atoms with Gasteiger partial charge in [-0.2, -0.15) is 0 Å². The molecule has 0 amide bonds. The van der Waals surface area contributed by atoms with E-state index in [0.717, 1.165) is 18.0 Å². The van der Waals surface area contributed by atoms with Crippen molar-refractivity contribution >= 4 is 0 Å². The maximum Gasteiger partial charge on any atom is 0.0121 e. The normalized spacial score (nSPS) is 31.3. The van der Waals surface area contributed by atoms with Gasteiger partial charge in [-0.05, 0) is 37.0 Å². The lowest BCUT2D eigenvalue weighted by Gasteiger charge is -2.41. The molecule has 0 saturated heterocycles. The molecule has 0 aromatic carbocycles. The van der Waals surface area contributed by atoms with Gasteiger partial charge in [0.2, 0.25) is 0 Å². The Balaban J connectivity index is 1.84. The molecule has 0 radical (unpaired) electrons. The molecular formula is C15H29N. The second-order valence-corrected chi connectivity index (χ2v) is 6.74. The van der Waals surface area contributed by atoms with Crippen LogP contribution in [-0.4, -0.2) is 12.1 Å². The second kappa shape index (κ2) is 5.08. The standard InChI is InChI=1S/C15H29N/c1-4-13(11-12-8-9-12)16-14-7-5-6-10-15(14,2)3/h12-14,16H,4-11H2,1-3H3. The summed E-state index contributed by atoms with van der Waals surface area (Å²) in [5.74, 6) is 1.06. The Bertz CT molecular complexity index is 217. The van der Waals surface area contributed by atoms with Gasteiger partial charge in [-0.3, -0.25) is 0 Å². The van der Waals surface area contributed by atoms with Crippen molar-refractivity contribution < 1.29 is 0 Å². The van der Waals surface area contributed by atoms with Gasteiger partial charge in [0, 0.05) is 12.1 Å². The van der Waals surface area contributed by atoms with Gasteiger partial charge in [0.05, 0.1) is 0 Å². The average molecular weight is 223 g/mol. The highest BCUT2D eigenvalue weighted by Crippen LogP contribution is 2.38. The highest BCUT2D eigenvalue weighted by atomic mass is 15.0. The van der Waals surface area contributed by atoms with Crippen LogP contribution in [-0.2, 0) is 0 Å². The molecule has 2 aliphatic rings. The molecule has 2 fully saturated rings. The second-order valence-electron chi connectivity index (χ2n) is 6.74. The molecule has 0 spiro atoms. The van der Waals surface area contributed by atoms with Crippen LogP contribution in [0.4, 0.5) is 0 Å². The number of hydrogen-bond acceptors (Lipinski definition) is 1. The van der Waals surface area contributed by atoms with E-state index in [-0.39, 0.29) is 0 Å². The molecule has 2 atom stereocenters. The highest BCUT2D eigenvalue weighted by Gasteiger charge is 2.34. The molecule has 0 aromatic rings. The van der Waals surface area contributed by atoms with Crippen LogP contribution in [0.1, 0.15) is 72.1 Å². The van der Waals surface area contributed by atoms with Crippen LogP contribution in [0.15, 0.2) is 0 Å². The SMILES string of the molecule is CCC(CC1CC1)NC1CCCCC1(C)C. The molecule has 2 unspecified atom stereocenters. The van der Waals surface area contributed by atoms with Gasteiger partial charge in [0.1, 0.15) is 0 Å². The van der Waals surface area contributed by atoms with E-state index < -0.39 is 0 Å². The summed E-state index contributed by atoms with van der Waals surface area (Å²) >= 11 is 0. The first-order chi connectivity index (χ1) is 7.62. The van der Waals surface area contributed by atoms with Crippen LogP contribution < -0.4 is 5.32 Å². The zero-order valence-electron chi connectivity index (χ0n) is 11.4. The molecule has 0 aliphatic heterocycles. The lowest BCUT2D eigenvalue weighted by atomic mass is 9.73. The van der Waals surface area contributed by atoms with Gasteiger partial charge >= 0.3 is 0 Å². The number of hydrogen-bond donors (Lipinski definition) is 1. The van der Waals surface area contributed by atoms with Crippen molar-refractivity contribution in [2.75, 3.05) is 0 Å². The molecule has 1 heteroatoms. The minimum absolute atomic E-state index is 0.523. The van der Waals surface area contributed by atoms with E-state index in [0.29, 0.717) is 5.41 Å². The first-order valence-corrected chi connectivity index (χ1v) is 7.38. The predicted octanol–water partition coefficient (Wildman–Crippen LogP) is 4.12. The fraction of sp³-hybridized carbons (Fsp3) is 1.00. The van der Waals surface area contributed by atoms with Crippen LogP contribution in [0.3, 0.4) is 0 Å². The summed E-state index contributed by atoms with van der Waals surface area (Å²) in [5, 5.41) is 3.97. The van der Waals surface area contributed by atoms with Gasteiger partial charge in [0.15, 0.2) is 0 Å². The Hall–Kier alpha value is -0.0400. The Labute approximate surface area is 101 Å². The Morgan fingerprint density at radius 3 is 2.50 bits per heavy atom. The zero-order chi connectivity index (χ0) is 11.6. The monoisotopic (exact) mass is 223 g/mol. The highest BCUT2D eigenvalue weighted by molar-refractivity contribution is 4.91. The van der Waals surface area contributed by atoms with E-state index in [2.05, 4.69) is 26.1 Å². The van der Waals surface area contributed by atoms with Crippen LogP contribution in [0.25, 0.3) is 0 Å². The lowest BCUT2D eigenvalue weighted by Crippen LogP contribution is -2.48. The molecule has 0 heterocycles. The lowest BCUT2D eigenvalue weighted by molar-refractivity contribution is 0.151. The molecule has 2 saturated carbocycles. The van der Waals surface area contributed by atoms with Crippen molar-refractivity contribution in [1.82, 2.24) is 5.32 Å². The predicted molar refractivity (Wildman–Crippen MR) is 70.6 cm³/mol. The van der Waals surface area contributed by atoms with Crippen molar-refractivity contribution in [1.29, 1.82) is 0 Å². The molecule has 1 nitrogen and oxygen atoms in total. The fourth-order valence-corrected chi connectivity index (χ4v) is 3.20. The van der Waals surface area contributed by atoms with Crippen molar-refractivity contribution in [3.8, 4) is 0 Å². The Morgan fingerprint density at radius 1 is 1.19 bits per heavy atom. The molecular weight excluding hydrogens is 194 g/mol. The third-order valence-electron chi connectivity index (χ3n) is 4.75. The maximum atomic E-state index is 3.97. The quantitative estimate of drug-likeness (QED) is 0.739. The van der Waals surface area contributed by atoms with E-state index in [1.54, 1.807) is 0 Å². The minimum atomic E-state index is 0.523. The third kappa shape index (κ3) is 3.23. The smallest absolute Gasteiger partial charge is 0.0121 e. The summed E-state index contributed by atoms with van der Waals surface area (Å²) in [7, 11) is 0. The fourth-order valence-electron chi connectivity index (χ4n) is 3.20. The topological polar surface area (TPSA) is 12.0 Å². The summed E-state index contributed by atoms with van der Waals surface area (Å²) in [4.78, 5) is 0. The largest absolute Gasteiger partial charge is 0.311 e. The third-order valence-corrected chi connectivity index (χ3v) is 4.75. The molecule has 0 aromatic heterocycles. The minimum Gasteiger partial charge on any atom is -0.311 e. The summed E-state index contributed by atoms with van der Waals surface area (Å²) in [6.07, 6.45) is 11.4. The van der Waals surface area contributed by atoms with Crippen LogP contribution in [0.2, 0.25) is 0 Å². The summed E-state index contributed by atoms with van der Waals surface area (Å²) < 4.78 is 0. The summed E-state index contributed by atoms with van der Waals surface area (Å²) in [6, 6.07) is 1.56. The van der Waals surface area contributed by atoms with E-state index in [1.165, 1.54) is 51.4 Å². The Morgan fingerprint density at radius 2 is 1.94 bits per heavy atom. The average Bonchev–Trinajstić information content (AvgIpc) is 3.03. The number of rotatable bonds is 5. The van der Waals surface area contributed by atoms with Gasteiger partial charge < -0.3 is 5.32 Å². The zero-order valence-corrected chi connectivity index (χ0v) is 11.4. The molecule has 2 aliphatic carbocycles. The number of nitrogens with one attached hydrogen (secondary N) is 1. The van der Waals surface area contributed by atoms with Crippen LogP contribution in [0, 0.1) is 11.3 Å². The van der Waals surface area contributed by atoms with Crippen molar-refractivity contribution in [2.24, 2.45) is 11.3 Å². The first-order valence-electron chi connectivity index (χ1n) is 7.38. The van der Waals surface area contributed by atoms with E-state index in [1.807, 2.05) is 0 Å². The van der Waals surface area contributed by atoms with Gasteiger partial charge in [-0.25, -0.2) is 0 Å². The molecule has 2 rings (SSSR count). The Kier molecular flexibility index (Phi) is 3.94. The molecule has 16 heavy (non-hydrogen) atoms. The van der Waals surface area contributed by atoms with Crippen molar-refractivity contribution in [3.05, 3.63) is 0 Å². The summed E-state index contributed by atoms with van der Waals surface area (Å²) in [5.41, 5.74) is 0.523. The van der Waals surface area contributed by atoms with Gasteiger partial charge in [-0.15, -0.1) is 0 Å². The molecule has 1 N–H and O–H groups in total. The van der Waals surface area contributed by atoms with Crippen LogP contribution in [0.5, 0.6) is 0 Å². The van der Waals surface area contributed by atoms with E-state index in [4.69, 9.17) is 0 Å². The van der Waals surface area contributed by atoms with Crippen molar-refractivity contribution in [3.63, 3.8) is 0 Å². The van der Waals surface area contributed by atoms with E-state index >= 15 is 0 Å². The van der Waals surface area contributed by atoms with Gasteiger partial charge in [-0.1, -0.05) is 46.5 Å². The summed E-state index contributed by atoms with van der Waals surface area (Å²) in [6.45, 7) is 7.25. The first kappa shape index (κ1) is 12.4. The maximum absolute atomic E-state index is 3.97. The van der Waals surface area contributed by atoms with Gasteiger partial charge in [0.25, 0.3) is 0 Å². The van der Waals surface area contributed by atoms with E-state index in [9.17, 15) is 0 Å². The van der Waals surface area contributed by atoms with Crippen LogP contribution >= 0.6 is 0 Å². The molecule has 94 valence electrons.